The van der Waals surface area contributed by atoms with Crippen LogP contribution in [0.5, 0.6) is 5.75 Å². The fourth-order valence-corrected chi connectivity index (χ4v) is 3.32. The van der Waals surface area contributed by atoms with Crippen molar-refractivity contribution in [2.45, 2.75) is 6.42 Å². The number of hydrogen-bond donors (Lipinski definition) is 2. The summed E-state index contributed by atoms with van der Waals surface area (Å²) < 4.78 is 6.02. The summed E-state index contributed by atoms with van der Waals surface area (Å²) in [6, 6.07) is 14.0. The van der Waals surface area contributed by atoms with Gasteiger partial charge in [-0.15, -0.1) is 10.2 Å². The predicted molar refractivity (Wildman–Crippen MR) is 111 cm³/mol. The van der Waals surface area contributed by atoms with Crippen molar-refractivity contribution in [3.8, 4) is 5.75 Å². The number of ether oxygens (including phenoxy) is 1. The molecule has 3 aromatic rings. The molecule has 0 saturated carbocycles. The lowest BCUT2D eigenvalue weighted by molar-refractivity contribution is 0.0953. The minimum absolute atomic E-state index is 0.188. The van der Waals surface area contributed by atoms with Crippen molar-refractivity contribution in [2.75, 3.05) is 19.0 Å². The minimum atomic E-state index is -0.249. The van der Waals surface area contributed by atoms with E-state index in [-0.39, 0.29) is 11.8 Å². The van der Waals surface area contributed by atoms with Crippen LogP contribution < -0.4 is 15.4 Å². The summed E-state index contributed by atoms with van der Waals surface area (Å²) >= 11 is 4.61. The van der Waals surface area contributed by atoms with Crippen LogP contribution in [0.25, 0.3) is 0 Å². The second kappa shape index (κ2) is 9.43. The highest BCUT2D eigenvalue weighted by molar-refractivity contribution is 9.10. The molecule has 28 heavy (non-hydrogen) atoms. The zero-order valence-corrected chi connectivity index (χ0v) is 17.3. The fourth-order valence-electron chi connectivity index (χ4n) is 2.33. The van der Waals surface area contributed by atoms with E-state index >= 15 is 0 Å². The molecule has 2 amide bonds. The van der Waals surface area contributed by atoms with Crippen LogP contribution in [0.3, 0.4) is 0 Å². The number of halogens is 1. The quantitative estimate of drug-likeness (QED) is 0.562. The Bertz CT molecular complexity index is 975. The number of benzene rings is 2. The largest absolute Gasteiger partial charge is 0.497 e. The van der Waals surface area contributed by atoms with E-state index in [1.54, 1.807) is 55.6 Å². The van der Waals surface area contributed by atoms with Gasteiger partial charge >= 0.3 is 0 Å². The lowest BCUT2D eigenvalue weighted by Gasteiger charge is -2.05. The van der Waals surface area contributed by atoms with E-state index in [0.717, 1.165) is 9.48 Å². The van der Waals surface area contributed by atoms with Gasteiger partial charge in [0.1, 0.15) is 10.8 Å². The summed E-state index contributed by atoms with van der Waals surface area (Å²) in [4.78, 5) is 24.4. The van der Waals surface area contributed by atoms with Crippen molar-refractivity contribution in [1.29, 1.82) is 0 Å². The van der Waals surface area contributed by atoms with Gasteiger partial charge in [-0.2, -0.15) is 0 Å². The monoisotopic (exact) mass is 460 g/mol. The first kappa shape index (κ1) is 20.0. The number of amides is 2. The summed E-state index contributed by atoms with van der Waals surface area (Å²) in [6.45, 7) is 0.408. The molecule has 0 bridgehead atoms. The Morgan fingerprint density at radius 2 is 1.86 bits per heavy atom. The Balaban J connectivity index is 1.49. The van der Waals surface area contributed by atoms with E-state index in [2.05, 4.69) is 36.8 Å². The molecule has 0 aliphatic heterocycles. The number of anilines is 1. The summed E-state index contributed by atoms with van der Waals surface area (Å²) in [7, 11) is 1.56. The smallest absolute Gasteiger partial charge is 0.257 e. The van der Waals surface area contributed by atoms with Gasteiger partial charge in [0.15, 0.2) is 0 Å². The highest BCUT2D eigenvalue weighted by Crippen LogP contribution is 2.18. The van der Waals surface area contributed by atoms with Crippen LogP contribution in [-0.2, 0) is 6.42 Å². The van der Waals surface area contributed by atoms with Crippen LogP contribution in [0.15, 0.2) is 53.0 Å². The van der Waals surface area contributed by atoms with E-state index in [1.165, 1.54) is 11.3 Å². The number of nitrogens with one attached hydrogen (secondary N) is 2. The first-order valence-electron chi connectivity index (χ1n) is 8.36. The third-order valence-electron chi connectivity index (χ3n) is 3.75. The molecule has 0 radical (unpaired) electrons. The van der Waals surface area contributed by atoms with Crippen LogP contribution in [0.4, 0.5) is 5.13 Å². The highest BCUT2D eigenvalue weighted by Gasteiger charge is 2.11. The zero-order valence-electron chi connectivity index (χ0n) is 14.9. The predicted octanol–water partition coefficient (Wildman–Crippen LogP) is 3.53. The van der Waals surface area contributed by atoms with Crippen LogP contribution in [-0.4, -0.2) is 35.7 Å². The number of carbonyl (C=O) groups is 2. The molecule has 7 nitrogen and oxygen atoms in total. The first-order chi connectivity index (χ1) is 13.5. The molecule has 0 unspecified atom stereocenters. The summed E-state index contributed by atoms with van der Waals surface area (Å²) in [5.41, 5.74) is 1.06. The van der Waals surface area contributed by atoms with Crippen molar-refractivity contribution in [3.05, 3.63) is 69.1 Å². The Labute approximate surface area is 174 Å². The van der Waals surface area contributed by atoms with Crippen LogP contribution >= 0.6 is 27.3 Å². The Morgan fingerprint density at radius 1 is 1.07 bits per heavy atom. The van der Waals surface area contributed by atoms with Crippen LogP contribution in [0.1, 0.15) is 25.7 Å². The van der Waals surface area contributed by atoms with E-state index < -0.39 is 0 Å². The lowest BCUT2D eigenvalue weighted by Crippen LogP contribution is -2.25. The fraction of sp³-hybridized carbons (Fsp3) is 0.158. The number of hydrogen-bond acceptors (Lipinski definition) is 6. The molecule has 3 rings (SSSR count). The maximum Gasteiger partial charge on any atom is 0.257 e. The molecule has 2 N–H and O–H groups in total. The van der Waals surface area contributed by atoms with Crippen molar-refractivity contribution in [1.82, 2.24) is 15.5 Å². The molecule has 0 atom stereocenters. The minimum Gasteiger partial charge on any atom is -0.497 e. The number of carbonyl (C=O) groups excluding carboxylic acids is 2. The second-order valence-electron chi connectivity index (χ2n) is 5.70. The molecule has 0 spiro atoms. The van der Waals surface area contributed by atoms with Gasteiger partial charge in [0.25, 0.3) is 11.8 Å². The molecule has 1 heterocycles. The summed E-state index contributed by atoms with van der Waals surface area (Å²) in [6.07, 6.45) is 0.515. The molecule has 0 fully saturated rings. The van der Waals surface area contributed by atoms with Crippen molar-refractivity contribution >= 4 is 44.2 Å². The summed E-state index contributed by atoms with van der Waals surface area (Å²) in [5, 5.41) is 14.7. The number of nitrogens with zero attached hydrogens (tertiary/aromatic N) is 2. The van der Waals surface area contributed by atoms with Crippen molar-refractivity contribution < 1.29 is 14.3 Å². The zero-order chi connectivity index (χ0) is 19.9. The Hall–Kier alpha value is -2.78. The van der Waals surface area contributed by atoms with E-state index in [4.69, 9.17) is 4.74 Å². The Morgan fingerprint density at radius 3 is 2.61 bits per heavy atom. The molecule has 0 saturated heterocycles. The topological polar surface area (TPSA) is 93.2 Å². The second-order valence-corrected chi connectivity index (χ2v) is 7.68. The number of rotatable bonds is 7. The molecule has 9 heteroatoms. The molecular weight excluding hydrogens is 444 g/mol. The van der Waals surface area contributed by atoms with Crippen LogP contribution in [0.2, 0.25) is 0 Å². The average molecular weight is 461 g/mol. The molecule has 144 valence electrons. The van der Waals surface area contributed by atoms with Crippen LogP contribution in [0, 0.1) is 0 Å². The molecular formula is C19H17BrN4O3S. The molecule has 1 aromatic heterocycles. The van der Waals surface area contributed by atoms with Crippen molar-refractivity contribution in [2.24, 2.45) is 0 Å². The normalized spacial score (nSPS) is 10.4. The van der Waals surface area contributed by atoms with E-state index in [0.29, 0.717) is 35.0 Å². The first-order valence-corrected chi connectivity index (χ1v) is 9.97. The van der Waals surface area contributed by atoms with Gasteiger partial charge in [-0.25, -0.2) is 0 Å². The van der Waals surface area contributed by atoms with Gasteiger partial charge in [-0.1, -0.05) is 33.3 Å². The number of aromatic nitrogens is 2. The van der Waals surface area contributed by atoms with Gasteiger partial charge in [0, 0.05) is 28.6 Å². The standard InChI is InChI=1S/C19H17BrN4O3S/c1-27-15-4-2-3-13(11-15)17(25)21-10-9-16-23-24-19(28-16)22-18(26)12-5-7-14(20)8-6-12/h2-8,11H,9-10H2,1H3,(H,21,25)(H,22,24,26). The molecule has 0 aliphatic carbocycles. The molecule has 2 aromatic carbocycles. The van der Waals surface area contributed by atoms with E-state index in [9.17, 15) is 9.59 Å². The lowest BCUT2D eigenvalue weighted by atomic mass is 10.2. The SMILES string of the molecule is COc1cccc(C(=O)NCCc2nnc(NC(=O)c3ccc(Br)cc3)s2)c1. The third kappa shape index (κ3) is 5.37. The van der Waals surface area contributed by atoms with Gasteiger partial charge in [0.2, 0.25) is 5.13 Å². The summed E-state index contributed by atoms with van der Waals surface area (Å²) in [5.74, 6) is 0.191. The molecule has 0 aliphatic rings. The van der Waals surface area contributed by atoms with Gasteiger partial charge in [-0.3, -0.25) is 14.9 Å². The maximum atomic E-state index is 12.2. The van der Waals surface area contributed by atoms with Gasteiger partial charge in [0.05, 0.1) is 7.11 Å². The third-order valence-corrected chi connectivity index (χ3v) is 5.18. The number of methoxy groups -OCH3 is 1. The Kier molecular flexibility index (Phi) is 6.72. The van der Waals surface area contributed by atoms with Gasteiger partial charge in [-0.05, 0) is 42.5 Å². The highest BCUT2D eigenvalue weighted by atomic mass is 79.9. The maximum absolute atomic E-state index is 12.2. The van der Waals surface area contributed by atoms with Crippen molar-refractivity contribution in [3.63, 3.8) is 0 Å². The average Bonchev–Trinajstić information content (AvgIpc) is 3.15. The van der Waals surface area contributed by atoms with Gasteiger partial charge < -0.3 is 10.1 Å². The van der Waals surface area contributed by atoms with E-state index in [1.807, 2.05) is 0 Å².